The Morgan fingerprint density at radius 1 is 0.727 bits per heavy atom. The van der Waals surface area contributed by atoms with Gasteiger partial charge in [-0.05, 0) is 12.1 Å². The van der Waals surface area contributed by atoms with Gasteiger partial charge in [0.05, 0.1) is 22.3 Å². The van der Waals surface area contributed by atoms with Gasteiger partial charge in [-0.1, -0.05) is 0 Å². The summed E-state index contributed by atoms with van der Waals surface area (Å²) < 4.78 is 0. The summed E-state index contributed by atoms with van der Waals surface area (Å²) in [4.78, 5) is 53.0. The number of carboxylic acid groups (broad SMARTS) is 2. The van der Waals surface area contributed by atoms with Crippen LogP contribution in [0.2, 0.25) is 0 Å². The topological polar surface area (TPSA) is 204 Å². The van der Waals surface area contributed by atoms with Gasteiger partial charge in [0.15, 0.2) is 0 Å². The number of aromatic carboxylic acids is 2. The van der Waals surface area contributed by atoms with Crippen molar-refractivity contribution in [3.63, 3.8) is 0 Å². The van der Waals surface area contributed by atoms with E-state index in [-0.39, 0.29) is 5.91 Å². The lowest BCUT2D eigenvalue weighted by atomic mass is 9.97. The van der Waals surface area contributed by atoms with Crippen molar-refractivity contribution < 1.29 is 34.2 Å². The predicted molar refractivity (Wildman–Crippen MR) is 72.3 cm³/mol. The molecule has 118 valence electrons. The average molecular weight is 311 g/mol. The van der Waals surface area contributed by atoms with E-state index in [4.69, 9.17) is 21.7 Å². The van der Waals surface area contributed by atoms with Crippen LogP contribution in [0.15, 0.2) is 12.1 Å². The number of hydrogen-bond acceptors (Lipinski definition) is 5. The molecule has 10 nitrogen and oxygen atoms in total. The van der Waals surface area contributed by atoms with Crippen LogP contribution in [-0.2, 0) is 4.79 Å². The molecule has 1 aromatic carbocycles. The third-order valence-electron chi connectivity index (χ3n) is 2.15. The SMILES string of the molecule is CC(N)=O.NC(=O)c1cc(C(N)=O)c(C(=O)O)cc1C(=O)O. The molecule has 1 rings (SSSR count). The van der Waals surface area contributed by atoms with Gasteiger partial charge < -0.3 is 27.4 Å². The Bertz CT molecular complexity index is 565. The second-order valence-electron chi connectivity index (χ2n) is 3.89. The van der Waals surface area contributed by atoms with Crippen molar-refractivity contribution in [3.05, 3.63) is 34.4 Å². The highest BCUT2D eigenvalue weighted by molar-refractivity contribution is 6.11. The van der Waals surface area contributed by atoms with E-state index < -0.39 is 46.0 Å². The van der Waals surface area contributed by atoms with Gasteiger partial charge >= 0.3 is 11.9 Å². The summed E-state index contributed by atoms with van der Waals surface area (Å²) in [6.45, 7) is 1.31. The van der Waals surface area contributed by atoms with E-state index in [1.165, 1.54) is 6.92 Å². The molecule has 0 aliphatic heterocycles. The minimum absolute atomic E-state index is 0.333. The number of carboxylic acids is 2. The fraction of sp³-hybridized carbons (Fsp3) is 0.0833. The van der Waals surface area contributed by atoms with E-state index in [1.54, 1.807) is 0 Å². The van der Waals surface area contributed by atoms with Crippen molar-refractivity contribution in [1.29, 1.82) is 0 Å². The van der Waals surface area contributed by atoms with Gasteiger partial charge in [-0.2, -0.15) is 0 Å². The Hall–Kier alpha value is -3.43. The summed E-state index contributed by atoms with van der Waals surface area (Å²) in [7, 11) is 0. The van der Waals surface area contributed by atoms with Crippen molar-refractivity contribution in [3.8, 4) is 0 Å². The third kappa shape index (κ3) is 4.92. The van der Waals surface area contributed by atoms with Crippen LogP contribution < -0.4 is 17.2 Å². The highest BCUT2D eigenvalue weighted by atomic mass is 16.4. The second-order valence-corrected chi connectivity index (χ2v) is 3.89. The largest absolute Gasteiger partial charge is 0.478 e. The van der Waals surface area contributed by atoms with Gasteiger partial charge in [-0.25, -0.2) is 9.59 Å². The number of hydrogen-bond donors (Lipinski definition) is 5. The van der Waals surface area contributed by atoms with Crippen LogP contribution in [-0.4, -0.2) is 39.9 Å². The van der Waals surface area contributed by atoms with Crippen LogP contribution in [0.4, 0.5) is 0 Å². The third-order valence-corrected chi connectivity index (χ3v) is 2.15. The fourth-order valence-corrected chi connectivity index (χ4v) is 1.36. The van der Waals surface area contributed by atoms with Gasteiger partial charge in [-0.3, -0.25) is 14.4 Å². The Balaban J connectivity index is 0.000000980. The van der Waals surface area contributed by atoms with Gasteiger partial charge in [-0.15, -0.1) is 0 Å². The number of nitrogens with two attached hydrogens (primary N) is 3. The second kappa shape index (κ2) is 7.38. The molecule has 0 unspecified atom stereocenters. The summed E-state index contributed by atoms with van der Waals surface area (Å²) in [6, 6.07) is 1.43. The maximum absolute atomic E-state index is 11.0. The lowest BCUT2D eigenvalue weighted by molar-refractivity contribution is -0.115. The van der Waals surface area contributed by atoms with Crippen LogP contribution in [0.1, 0.15) is 48.4 Å². The number of carbonyl (C=O) groups excluding carboxylic acids is 3. The summed E-state index contributed by atoms with van der Waals surface area (Å²) in [5, 5.41) is 17.7. The molecule has 0 fully saturated rings. The zero-order valence-electron chi connectivity index (χ0n) is 11.3. The van der Waals surface area contributed by atoms with Crippen LogP contribution in [0, 0.1) is 0 Å². The molecule has 22 heavy (non-hydrogen) atoms. The number of carbonyl (C=O) groups is 5. The van der Waals surface area contributed by atoms with E-state index in [0.717, 1.165) is 6.07 Å². The zero-order chi connectivity index (χ0) is 17.6. The first-order valence-electron chi connectivity index (χ1n) is 5.49. The molecular weight excluding hydrogens is 298 g/mol. The molecular formula is C12H13N3O7. The van der Waals surface area contributed by atoms with Crippen molar-refractivity contribution in [1.82, 2.24) is 0 Å². The molecule has 0 spiro atoms. The first-order chi connectivity index (χ1) is 9.98. The van der Waals surface area contributed by atoms with E-state index in [2.05, 4.69) is 5.73 Å². The van der Waals surface area contributed by atoms with E-state index in [0.29, 0.717) is 6.07 Å². The Morgan fingerprint density at radius 2 is 0.955 bits per heavy atom. The molecule has 0 atom stereocenters. The van der Waals surface area contributed by atoms with E-state index in [9.17, 15) is 24.0 Å². The number of rotatable bonds is 4. The van der Waals surface area contributed by atoms with Crippen molar-refractivity contribution in [2.75, 3.05) is 0 Å². The molecule has 0 heterocycles. The normalized spacial score (nSPS) is 9.14. The maximum atomic E-state index is 11.0. The van der Waals surface area contributed by atoms with Crippen molar-refractivity contribution in [2.45, 2.75) is 6.92 Å². The van der Waals surface area contributed by atoms with Crippen molar-refractivity contribution >= 4 is 29.7 Å². The molecule has 1 aromatic rings. The van der Waals surface area contributed by atoms with Crippen molar-refractivity contribution in [2.24, 2.45) is 17.2 Å². The van der Waals surface area contributed by atoms with Crippen LogP contribution in [0.5, 0.6) is 0 Å². The lowest BCUT2D eigenvalue weighted by Crippen LogP contribution is -2.22. The predicted octanol–water partition coefficient (Wildman–Crippen LogP) is -1.23. The lowest BCUT2D eigenvalue weighted by Gasteiger charge is -2.08. The molecule has 3 amide bonds. The van der Waals surface area contributed by atoms with Crippen LogP contribution in [0.25, 0.3) is 0 Å². The highest BCUT2D eigenvalue weighted by Gasteiger charge is 2.23. The van der Waals surface area contributed by atoms with Gasteiger partial charge in [0.2, 0.25) is 17.7 Å². The van der Waals surface area contributed by atoms with Gasteiger partial charge in [0, 0.05) is 6.92 Å². The molecule has 0 bridgehead atoms. The fourth-order valence-electron chi connectivity index (χ4n) is 1.36. The number of primary amides is 3. The zero-order valence-corrected chi connectivity index (χ0v) is 11.3. The summed E-state index contributed by atoms with van der Waals surface area (Å²) >= 11 is 0. The van der Waals surface area contributed by atoms with Gasteiger partial charge in [0.1, 0.15) is 0 Å². The monoisotopic (exact) mass is 311 g/mol. The molecule has 0 aliphatic rings. The maximum Gasteiger partial charge on any atom is 0.336 e. The molecule has 0 saturated carbocycles. The first kappa shape index (κ1) is 18.6. The Labute approximate surface area is 123 Å². The summed E-state index contributed by atoms with van der Waals surface area (Å²) in [5.41, 5.74) is 12.2. The van der Waals surface area contributed by atoms with E-state index in [1.807, 2.05) is 0 Å². The van der Waals surface area contributed by atoms with Crippen LogP contribution in [0.3, 0.4) is 0 Å². The van der Waals surface area contributed by atoms with Crippen LogP contribution >= 0.6 is 0 Å². The molecule has 0 aliphatic carbocycles. The first-order valence-corrected chi connectivity index (χ1v) is 5.49. The molecule has 0 saturated heterocycles. The average Bonchev–Trinajstić information content (AvgIpc) is 2.35. The number of benzene rings is 1. The molecule has 0 aromatic heterocycles. The minimum atomic E-state index is -1.54. The Morgan fingerprint density at radius 3 is 1.14 bits per heavy atom. The molecule has 10 heteroatoms. The summed E-state index contributed by atoms with van der Waals surface area (Å²) in [6.07, 6.45) is 0. The van der Waals surface area contributed by atoms with Gasteiger partial charge in [0.25, 0.3) is 0 Å². The molecule has 0 radical (unpaired) electrons. The summed E-state index contributed by atoms with van der Waals surface area (Å²) in [5.74, 6) is -5.62. The number of amides is 3. The minimum Gasteiger partial charge on any atom is -0.478 e. The smallest absolute Gasteiger partial charge is 0.336 e. The highest BCUT2D eigenvalue weighted by Crippen LogP contribution is 2.17. The standard InChI is InChI=1S/C10H8N2O6.C2H5NO/c11-7(13)3-1-4(8(12)14)6(10(17)18)2-5(3)9(15)16;1-2(3)4/h1-2H,(H2,11,13)(H2,12,14)(H,15,16)(H,17,18);1H3,(H2,3,4). The van der Waals surface area contributed by atoms with E-state index >= 15 is 0 Å². The molecule has 8 N–H and O–H groups in total. The quantitative estimate of drug-likeness (QED) is 0.457. The Kier molecular flexibility index (Phi) is 6.23.